The molecule has 1 fully saturated rings. The first-order valence-electron chi connectivity index (χ1n) is 6.43. The Hall–Kier alpha value is -1.49. The second-order valence-electron chi connectivity index (χ2n) is 5.02. The lowest BCUT2D eigenvalue weighted by Crippen LogP contribution is -2.34. The maximum atomic E-state index is 13.5. The fourth-order valence-corrected chi connectivity index (χ4v) is 2.50. The average Bonchev–Trinajstić information content (AvgIpc) is 2.35. The van der Waals surface area contributed by atoms with Gasteiger partial charge in [-0.25, -0.2) is 8.78 Å². The van der Waals surface area contributed by atoms with Crippen LogP contribution in [0.2, 0.25) is 0 Å². The number of aliphatic carboxylic acids is 1. The minimum absolute atomic E-state index is 0.0965. The second-order valence-corrected chi connectivity index (χ2v) is 5.02. The number of halogens is 2. The number of piperidine rings is 1. The SMILES string of the molecule is O=C(O)CC1CCN(Cc2c(F)cccc2F)CC1. The Morgan fingerprint density at radius 1 is 1.26 bits per heavy atom. The van der Waals surface area contributed by atoms with Crippen LogP contribution in [0.1, 0.15) is 24.8 Å². The molecule has 1 aromatic carbocycles. The van der Waals surface area contributed by atoms with Gasteiger partial charge in [0.2, 0.25) is 0 Å². The molecule has 0 aromatic heterocycles. The summed E-state index contributed by atoms with van der Waals surface area (Å²) >= 11 is 0. The molecule has 0 bridgehead atoms. The van der Waals surface area contributed by atoms with Gasteiger partial charge in [-0.3, -0.25) is 9.69 Å². The molecule has 1 aliphatic heterocycles. The molecular weight excluding hydrogens is 252 g/mol. The molecule has 1 heterocycles. The van der Waals surface area contributed by atoms with Crippen LogP contribution in [0.15, 0.2) is 18.2 Å². The average molecular weight is 269 g/mol. The number of benzene rings is 1. The van der Waals surface area contributed by atoms with Crippen molar-refractivity contribution < 1.29 is 18.7 Å². The van der Waals surface area contributed by atoms with Crippen LogP contribution >= 0.6 is 0 Å². The maximum absolute atomic E-state index is 13.5. The summed E-state index contributed by atoms with van der Waals surface area (Å²) in [6.07, 6.45) is 1.71. The molecule has 0 radical (unpaired) electrons. The lowest BCUT2D eigenvalue weighted by Gasteiger charge is -2.31. The lowest BCUT2D eigenvalue weighted by molar-refractivity contribution is -0.138. The Morgan fingerprint density at radius 2 is 1.84 bits per heavy atom. The molecule has 0 aliphatic carbocycles. The number of hydrogen-bond acceptors (Lipinski definition) is 2. The Bertz CT molecular complexity index is 437. The molecule has 1 aromatic rings. The number of rotatable bonds is 4. The van der Waals surface area contributed by atoms with E-state index in [1.54, 1.807) is 0 Å². The van der Waals surface area contributed by atoms with Crippen molar-refractivity contribution in [3.05, 3.63) is 35.4 Å². The van der Waals surface area contributed by atoms with Gasteiger partial charge in [0.25, 0.3) is 0 Å². The molecule has 3 nitrogen and oxygen atoms in total. The predicted molar refractivity (Wildman–Crippen MR) is 66.6 cm³/mol. The molecule has 5 heteroatoms. The van der Waals surface area contributed by atoms with Crippen LogP contribution in [-0.2, 0) is 11.3 Å². The van der Waals surface area contributed by atoms with Gasteiger partial charge in [-0.15, -0.1) is 0 Å². The van der Waals surface area contributed by atoms with E-state index in [-0.39, 0.29) is 24.4 Å². The number of carbonyl (C=O) groups is 1. The van der Waals surface area contributed by atoms with Crippen LogP contribution in [0, 0.1) is 17.6 Å². The minimum atomic E-state index is -0.779. The van der Waals surface area contributed by atoms with Gasteiger partial charge in [0.05, 0.1) is 0 Å². The highest BCUT2D eigenvalue weighted by atomic mass is 19.1. The molecular formula is C14H17F2NO2. The summed E-state index contributed by atoms with van der Waals surface area (Å²) in [5.74, 6) is -1.64. The van der Waals surface area contributed by atoms with Gasteiger partial charge in [0.15, 0.2) is 0 Å². The molecule has 0 atom stereocenters. The summed E-state index contributed by atoms with van der Waals surface area (Å²) < 4.78 is 27.0. The molecule has 1 N–H and O–H groups in total. The summed E-state index contributed by atoms with van der Waals surface area (Å²) in [4.78, 5) is 12.6. The van der Waals surface area contributed by atoms with Gasteiger partial charge in [0.1, 0.15) is 11.6 Å². The Kier molecular flexibility index (Phi) is 4.47. The van der Waals surface area contributed by atoms with Crippen LogP contribution in [0.25, 0.3) is 0 Å². The first-order chi connectivity index (χ1) is 9.06. The first-order valence-corrected chi connectivity index (χ1v) is 6.43. The van der Waals surface area contributed by atoms with Gasteiger partial charge >= 0.3 is 5.97 Å². The summed E-state index contributed by atoms with van der Waals surface area (Å²) in [5.41, 5.74) is 0.0965. The quantitative estimate of drug-likeness (QED) is 0.913. The number of carboxylic acids is 1. The zero-order chi connectivity index (χ0) is 13.8. The third kappa shape index (κ3) is 3.73. The highest BCUT2D eigenvalue weighted by Gasteiger charge is 2.22. The summed E-state index contributed by atoms with van der Waals surface area (Å²) in [5, 5.41) is 8.73. The number of carboxylic acid groups (broad SMARTS) is 1. The van der Waals surface area contributed by atoms with E-state index in [0.29, 0.717) is 13.1 Å². The Labute approximate surface area is 110 Å². The standard InChI is InChI=1S/C14H17F2NO2/c15-12-2-1-3-13(16)11(12)9-17-6-4-10(5-7-17)8-14(18)19/h1-3,10H,4-9H2,(H,18,19). The van der Waals surface area contributed by atoms with Crippen molar-refractivity contribution in [2.45, 2.75) is 25.8 Å². The fourth-order valence-electron chi connectivity index (χ4n) is 2.50. The van der Waals surface area contributed by atoms with Crippen molar-refractivity contribution in [2.24, 2.45) is 5.92 Å². The molecule has 2 rings (SSSR count). The highest BCUT2D eigenvalue weighted by Crippen LogP contribution is 2.23. The molecule has 19 heavy (non-hydrogen) atoms. The van der Waals surface area contributed by atoms with Gasteiger partial charge in [0, 0.05) is 18.5 Å². The van der Waals surface area contributed by atoms with E-state index in [2.05, 4.69) is 0 Å². The van der Waals surface area contributed by atoms with Gasteiger partial charge in [-0.2, -0.15) is 0 Å². The molecule has 0 unspecified atom stereocenters. The summed E-state index contributed by atoms with van der Waals surface area (Å²) in [6.45, 7) is 1.62. The van der Waals surface area contributed by atoms with Crippen LogP contribution in [0.5, 0.6) is 0 Å². The van der Waals surface area contributed by atoms with Crippen LogP contribution in [0.4, 0.5) is 8.78 Å². The highest BCUT2D eigenvalue weighted by molar-refractivity contribution is 5.67. The predicted octanol–water partition coefficient (Wildman–Crippen LogP) is 2.65. The van der Waals surface area contributed by atoms with Crippen LogP contribution < -0.4 is 0 Å². The number of likely N-dealkylation sites (tertiary alicyclic amines) is 1. The topological polar surface area (TPSA) is 40.5 Å². The Morgan fingerprint density at radius 3 is 2.37 bits per heavy atom. The van der Waals surface area contributed by atoms with Gasteiger partial charge in [-0.1, -0.05) is 6.07 Å². The van der Waals surface area contributed by atoms with E-state index in [1.165, 1.54) is 18.2 Å². The van der Waals surface area contributed by atoms with Crippen molar-refractivity contribution in [1.82, 2.24) is 4.90 Å². The molecule has 1 saturated heterocycles. The van der Waals surface area contributed by atoms with E-state index in [1.807, 2.05) is 4.90 Å². The number of hydrogen-bond donors (Lipinski definition) is 1. The molecule has 0 amide bonds. The van der Waals surface area contributed by atoms with Crippen LogP contribution in [-0.4, -0.2) is 29.1 Å². The number of nitrogens with zero attached hydrogens (tertiary/aromatic N) is 1. The molecule has 104 valence electrons. The van der Waals surface area contributed by atoms with E-state index >= 15 is 0 Å². The van der Waals surface area contributed by atoms with E-state index in [0.717, 1.165) is 12.8 Å². The van der Waals surface area contributed by atoms with E-state index in [9.17, 15) is 13.6 Å². The normalized spacial score (nSPS) is 17.6. The van der Waals surface area contributed by atoms with E-state index < -0.39 is 17.6 Å². The third-order valence-electron chi connectivity index (χ3n) is 3.61. The zero-order valence-corrected chi connectivity index (χ0v) is 10.6. The smallest absolute Gasteiger partial charge is 0.303 e. The van der Waals surface area contributed by atoms with Crippen molar-refractivity contribution in [3.63, 3.8) is 0 Å². The van der Waals surface area contributed by atoms with Gasteiger partial charge in [-0.05, 0) is 44.0 Å². The monoisotopic (exact) mass is 269 g/mol. The second kappa shape index (κ2) is 6.10. The largest absolute Gasteiger partial charge is 0.481 e. The van der Waals surface area contributed by atoms with Gasteiger partial charge < -0.3 is 5.11 Å². The first kappa shape index (κ1) is 13.9. The lowest BCUT2D eigenvalue weighted by atomic mass is 9.93. The van der Waals surface area contributed by atoms with Crippen molar-refractivity contribution in [3.8, 4) is 0 Å². The Balaban J connectivity index is 1.91. The molecule has 0 spiro atoms. The van der Waals surface area contributed by atoms with Crippen molar-refractivity contribution in [2.75, 3.05) is 13.1 Å². The fraction of sp³-hybridized carbons (Fsp3) is 0.500. The third-order valence-corrected chi connectivity index (χ3v) is 3.61. The minimum Gasteiger partial charge on any atom is -0.481 e. The molecule has 0 saturated carbocycles. The summed E-state index contributed by atoms with van der Waals surface area (Å²) in [7, 11) is 0. The van der Waals surface area contributed by atoms with E-state index in [4.69, 9.17) is 5.11 Å². The van der Waals surface area contributed by atoms with Crippen LogP contribution in [0.3, 0.4) is 0 Å². The summed E-state index contributed by atoms with van der Waals surface area (Å²) in [6, 6.07) is 3.87. The van der Waals surface area contributed by atoms with Crippen molar-refractivity contribution in [1.29, 1.82) is 0 Å². The molecule has 1 aliphatic rings. The zero-order valence-electron chi connectivity index (χ0n) is 10.6. The van der Waals surface area contributed by atoms with Crippen molar-refractivity contribution >= 4 is 5.97 Å². The maximum Gasteiger partial charge on any atom is 0.303 e.